The van der Waals surface area contributed by atoms with E-state index in [-0.39, 0.29) is 0 Å². The predicted molar refractivity (Wildman–Crippen MR) is 36.2 cm³/mol. The van der Waals surface area contributed by atoms with Crippen LogP contribution in [0.5, 0.6) is 0 Å². The number of hydrogen-bond donors (Lipinski definition) is 1. The van der Waals surface area contributed by atoms with Gasteiger partial charge in [0, 0.05) is 19.5 Å². The van der Waals surface area contributed by atoms with E-state index in [9.17, 15) is 0 Å². The Labute approximate surface area is 48.8 Å². The molecule has 1 N–H and O–H groups in total. The van der Waals surface area contributed by atoms with Gasteiger partial charge in [0.1, 0.15) is 0 Å². The van der Waals surface area contributed by atoms with Gasteiger partial charge in [0.25, 0.3) is 0 Å². The minimum absolute atomic E-state index is 1.49. The third kappa shape index (κ3) is 4.88. The lowest BCUT2D eigenvalue weighted by atomic mass is 10.8. The molecule has 0 amide bonds. The van der Waals surface area contributed by atoms with Crippen molar-refractivity contribution in [3.05, 3.63) is 12.8 Å². The van der Waals surface area contributed by atoms with Crippen LogP contribution < -0.4 is 5.43 Å². The van der Waals surface area contributed by atoms with Gasteiger partial charge in [-0.05, 0) is 0 Å². The molecular weight excluding hydrogens is 102 g/mol. The molecule has 0 aromatic carbocycles. The number of hydrogen-bond acceptors (Lipinski definition) is 3. The molecule has 0 aliphatic carbocycles. The monoisotopic (exact) mass is 111 g/mol. The van der Waals surface area contributed by atoms with Crippen LogP contribution in [-0.2, 0) is 0 Å². The Balaban J connectivity index is 3.19. The fraction of sp³-hybridized carbons (Fsp3) is 0.200. The maximum Gasteiger partial charge on any atom is 0.0650 e. The van der Waals surface area contributed by atoms with Crippen molar-refractivity contribution in [1.82, 2.24) is 5.43 Å². The Kier molecular flexibility index (Phi) is 5.06. The highest BCUT2D eigenvalue weighted by Gasteiger charge is 1.58. The Hall–Kier alpha value is -1.12. The average Bonchev–Trinajstić information content (AvgIpc) is 1.81. The van der Waals surface area contributed by atoms with Gasteiger partial charge in [-0.2, -0.15) is 5.10 Å². The van der Waals surface area contributed by atoms with Crippen molar-refractivity contribution >= 4 is 12.4 Å². The first-order valence-corrected chi connectivity index (χ1v) is 2.22. The van der Waals surface area contributed by atoms with Crippen molar-refractivity contribution < 1.29 is 0 Å². The van der Waals surface area contributed by atoms with Gasteiger partial charge in [0.05, 0.1) is 6.21 Å². The number of nitrogens with one attached hydrogen (secondary N) is 1. The second-order valence-corrected chi connectivity index (χ2v) is 1.02. The minimum atomic E-state index is 1.49. The lowest BCUT2D eigenvalue weighted by molar-refractivity contribution is 0.983. The zero-order chi connectivity index (χ0) is 6.24. The molecule has 0 aromatic heterocycles. The van der Waals surface area contributed by atoms with Crippen LogP contribution >= 0.6 is 0 Å². The number of rotatable bonds is 3. The van der Waals surface area contributed by atoms with Gasteiger partial charge in [-0.25, -0.2) is 0 Å². The number of hydrazone groups is 1. The molecule has 0 fully saturated rings. The summed E-state index contributed by atoms with van der Waals surface area (Å²) in [6, 6.07) is 0. The van der Waals surface area contributed by atoms with Crippen molar-refractivity contribution in [2.45, 2.75) is 0 Å². The minimum Gasteiger partial charge on any atom is -0.295 e. The first-order valence-electron chi connectivity index (χ1n) is 2.22. The molecule has 0 saturated heterocycles. The van der Waals surface area contributed by atoms with E-state index in [0.717, 1.165) is 0 Å². The molecule has 0 heterocycles. The number of nitrogens with zero attached hydrogens (tertiary/aromatic N) is 2. The summed E-state index contributed by atoms with van der Waals surface area (Å²) in [5, 5.41) is 3.64. The summed E-state index contributed by atoms with van der Waals surface area (Å²) in [6.07, 6.45) is 4.61. The highest BCUT2D eigenvalue weighted by molar-refractivity contribution is 6.15. The van der Waals surface area contributed by atoms with Gasteiger partial charge in [0.15, 0.2) is 0 Å². The summed E-state index contributed by atoms with van der Waals surface area (Å²) in [7, 11) is 1.68. The summed E-state index contributed by atoms with van der Waals surface area (Å²) in [4.78, 5) is 3.66. The predicted octanol–water partition coefficient (Wildman–Crippen LogP) is 0.406. The normalized spacial score (nSPS) is 10.6. The molecule has 8 heavy (non-hydrogen) atoms. The van der Waals surface area contributed by atoms with E-state index in [1.54, 1.807) is 19.5 Å². The molecule has 0 rings (SSSR count). The van der Waals surface area contributed by atoms with E-state index >= 15 is 0 Å². The molecule has 0 aliphatic rings. The van der Waals surface area contributed by atoms with Crippen LogP contribution in [-0.4, -0.2) is 19.5 Å². The van der Waals surface area contributed by atoms with Crippen LogP contribution in [0.1, 0.15) is 0 Å². The van der Waals surface area contributed by atoms with Gasteiger partial charge in [0.2, 0.25) is 0 Å². The van der Waals surface area contributed by atoms with Crippen molar-refractivity contribution in [2.24, 2.45) is 10.1 Å². The van der Waals surface area contributed by atoms with E-state index in [1.165, 1.54) is 6.20 Å². The summed E-state index contributed by atoms with van der Waals surface area (Å²) < 4.78 is 0. The van der Waals surface area contributed by atoms with Gasteiger partial charge in [-0.3, -0.25) is 10.4 Å². The summed E-state index contributed by atoms with van der Waals surface area (Å²) in [5.74, 6) is 0. The smallest absolute Gasteiger partial charge is 0.0650 e. The molecule has 0 unspecified atom stereocenters. The largest absolute Gasteiger partial charge is 0.295 e. The lowest BCUT2D eigenvalue weighted by Crippen LogP contribution is -1.91. The van der Waals surface area contributed by atoms with Gasteiger partial charge in [-0.15, -0.1) is 0 Å². The molecule has 0 spiro atoms. The third-order valence-electron chi connectivity index (χ3n) is 0.456. The first kappa shape index (κ1) is 6.88. The summed E-state index contributed by atoms with van der Waals surface area (Å²) in [6.45, 7) is 3.39. The van der Waals surface area contributed by atoms with Crippen LogP contribution in [0.4, 0.5) is 0 Å². The van der Waals surface area contributed by atoms with Crippen molar-refractivity contribution in [2.75, 3.05) is 7.05 Å². The highest BCUT2D eigenvalue weighted by Crippen LogP contribution is 1.53. The second kappa shape index (κ2) is 5.88. The lowest BCUT2D eigenvalue weighted by Gasteiger charge is -1.80. The quantitative estimate of drug-likeness (QED) is 0.415. The highest BCUT2D eigenvalue weighted by atomic mass is 15.3. The molecule has 0 aliphatic heterocycles. The summed E-state index contributed by atoms with van der Waals surface area (Å²) in [5.41, 5.74) is 2.53. The Morgan fingerprint density at radius 3 is 2.75 bits per heavy atom. The molecule has 3 heteroatoms. The topological polar surface area (TPSA) is 36.8 Å². The van der Waals surface area contributed by atoms with Crippen molar-refractivity contribution in [1.29, 1.82) is 0 Å². The van der Waals surface area contributed by atoms with Gasteiger partial charge in [-0.1, -0.05) is 6.58 Å². The molecular formula is C5H9N3. The van der Waals surface area contributed by atoms with E-state index in [0.29, 0.717) is 0 Å². The zero-order valence-corrected chi connectivity index (χ0v) is 4.83. The fourth-order valence-corrected chi connectivity index (χ4v) is 0.196. The maximum atomic E-state index is 3.66. The third-order valence-corrected chi connectivity index (χ3v) is 0.456. The second-order valence-electron chi connectivity index (χ2n) is 1.02. The fourth-order valence-electron chi connectivity index (χ4n) is 0.196. The molecule has 3 nitrogen and oxygen atoms in total. The Bertz CT molecular complexity index is 104. The number of aliphatic imine (C=N–C) groups is 1. The van der Waals surface area contributed by atoms with Crippen LogP contribution in [0.2, 0.25) is 0 Å². The zero-order valence-electron chi connectivity index (χ0n) is 4.83. The summed E-state index contributed by atoms with van der Waals surface area (Å²) >= 11 is 0. The van der Waals surface area contributed by atoms with Crippen LogP contribution in [0, 0.1) is 0 Å². The average molecular weight is 111 g/mol. The van der Waals surface area contributed by atoms with E-state index in [1.807, 2.05) is 0 Å². The van der Waals surface area contributed by atoms with Crippen LogP contribution in [0.15, 0.2) is 22.9 Å². The van der Waals surface area contributed by atoms with E-state index < -0.39 is 0 Å². The first-order chi connectivity index (χ1) is 3.91. The SMILES string of the molecule is C=CNN=CC=NC. The Morgan fingerprint density at radius 2 is 2.25 bits per heavy atom. The van der Waals surface area contributed by atoms with E-state index in [2.05, 4.69) is 22.1 Å². The van der Waals surface area contributed by atoms with Gasteiger partial charge >= 0.3 is 0 Å². The van der Waals surface area contributed by atoms with Gasteiger partial charge < -0.3 is 0 Å². The molecule has 0 saturated carbocycles. The molecule has 44 valence electrons. The molecule has 0 bridgehead atoms. The molecule has 0 atom stereocenters. The standard InChI is InChI=1S/C5H9N3/c1-3-7-8-5-4-6-2/h3-5,7H,1H2,2H3. The Morgan fingerprint density at radius 1 is 1.50 bits per heavy atom. The molecule has 0 aromatic rings. The molecule has 0 radical (unpaired) electrons. The van der Waals surface area contributed by atoms with Crippen molar-refractivity contribution in [3.8, 4) is 0 Å². The van der Waals surface area contributed by atoms with Crippen LogP contribution in [0.25, 0.3) is 0 Å². The maximum absolute atomic E-state index is 3.66. The van der Waals surface area contributed by atoms with Crippen molar-refractivity contribution in [3.63, 3.8) is 0 Å². The van der Waals surface area contributed by atoms with E-state index in [4.69, 9.17) is 0 Å². The van der Waals surface area contributed by atoms with Crippen LogP contribution in [0.3, 0.4) is 0 Å².